The predicted octanol–water partition coefficient (Wildman–Crippen LogP) is 1.96. The molecule has 0 N–H and O–H groups in total. The minimum atomic E-state index is -0.207. The topological polar surface area (TPSA) is 74.8 Å². The first-order valence-corrected chi connectivity index (χ1v) is 8.50. The third-order valence-corrected chi connectivity index (χ3v) is 4.39. The molecule has 0 spiro atoms. The Morgan fingerprint density at radius 1 is 0.625 bits per heavy atom. The fourth-order valence-corrected chi connectivity index (χ4v) is 2.95. The lowest BCUT2D eigenvalue weighted by Gasteiger charge is -2.14. The summed E-state index contributed by atoms with van der Waals surface area (Å²) in [4.78, 5) is 49.1. The summed E-state index contributed by atoms with van der Waals surface area (Å²) in [6, 6.07) is 0. The second-order valence-corrected chi connectivity index (χ2v) is 6.37. The number of hydrogen-bond acceptors (Lipinski definition) is 4. The van der Waals surface area contributed by atoms with Crippen molar-refractivity contribution in [2.24, 2.45) is 0 Å². The molecule has 130 valence electrons. The van der Waals surface area contributed by atoms with Gasteiger partial charge in [-0.25, -0.2) is 0 Å². The fourth-order valence-electron chi connectivity index (χ4n) is 2.95. The van der Waals surface area contributed by atoms with Crippen molar-refractivity contribution in [1.29, 1.82) is 0 Å². The molecule has 6 heteroatoms. The first-order valence-electron chi connectivity index (χ1n) is 8.50. The number of imide groups is 2. The molecule has 0 atom stereocenters. The van der Waals surface area contributed by atoms with Gasteiger partial charge in [-0.3, -0.25) is 29.0 Å². The maximum absolute atomic E-state index is 11.7. The highest BCUT2D eigenvalue weighted by atomic mass is 16.2. The van der Waals surface area contributed by atoms with Crippen LogP contribution in [0.2, 0.25) is 0 Å². The molecule has 0 aromatic heterocycles. The minimum absolute atomic E-state index is 0.177. The van der Waals surface area contributed by atoms with Crippen LogP contribution >= 0.6 is 0 Å². The Hall–Kier alpha value is -2.24. The Bertz CT molecular complexity index is 565. The third kappa shape index (κ3) is 4.19. The Kier molecular flexibility index (Phi) is 6.06. The average Bonchev–Trinajstić information content (AvgIpc) is 2.91. The summed E-state index contributed by atoms with van der Waals surface area (Å²) in [6.45, 7) is 4.28. The number of rotatable bonds is 9. The molecule has 2 rings (SSSR count). The number of carbonyl (C=O) groups is 4. The number of nitrogens with zero attached hydrogens (tertiary/aromatic N) is 2. The second-order valence-electron chi connectivity index (χ2n) is 6.37. The zero-order valence-corrected chi connectivity index (χ0v) is 14.3. The normalized spacial score (nSPS) is 17.9. The van der Waals surface area contributed by atoms with E-state index in [9.17, 15) is 19.2 Å². The number of unbranched alkanes of at least 4 members (excludes halogenated alkanes) is 5. The molecular formula is C18H24N2O4. The molecule has 2 aliphatic heterocycles. The first kappa shape index (κ1) is 18.1. The van der Waals surface area contributed by atoms with Crippen LogP contribution in [-0.4, -0.2) is 46.5 Å². The number of hydrogen-bond donors (Lipinski definition) is 0. The molecule has 0 saturated carbocycles. The van der Waals surface area contributed by atoms with Gasteiger partial charge in [-0.15, -0.1) is 0 Å². The van der Waals surface area contributed by atoms with Crippen molar-refractivity contribution < 1.29 is 19.2 Å². The van der Waals surface area contributed by atoms with E-state index in [0.717, 1.165) is 38.5 Å². The standard InChI is InChI=1S/C18H24N2O4/c1-13-11-15(21)19(17(13)23)9-7-5-3-4-6-8-10-20-16(22)12-14(2)18(20)24/h11-12H,3-10H2,1-2H3. The van der Waals surface area contributed by atoms with Crippen LogP contribution in [-0.2, 0) is 19.2 Å². The molecule has 0 bridgehead atoms. The lowest BCUT2D eigenvalue weighted by molar-refractivity contribution is -0.138. The maximum atomic E-state index is 11.7. The molecule has 0 aliphatic carbocycles. The third-order valence-electron chi connectivity index (χ3n) is 4.39. The van der Waals surface area contributed by atoms with E-state index in [0.29, 0.717) is 24.2 Å². The summed E-state index contributed by atoms with van der Waals surface area (Å²) in [6.07, 6.45) is 8.34. The van der Waals surface area contributed by atoms with Gasteiger partial charge in [-0.1, -0.05) is 25.7 Å². The van der Waals surface area contributed by atoms with E-state index in [-0.39, 0.29) is 23.6 Å². The molecule has 2 heterocycles. The van der Waals surface area contributed by atoms with Gasteiger partial charge in [0.1, 0.15) is 0 Å². The largest absolute Gasteiger partial charge is 0.275 e. The molecule has 0 unspecified atom stereocenters. The zero-order chi connectivity index (χ0) is 17.7. The summed E-state index contributed by atoms with van der Waals surface area (Å²) in [7, 11) is 0. The number of carbonyl (C=O) groups excluding carboxylic acids is 4. The van der Waals surface area contributed by atoms with Gasteiger partial charge in [0.25, 0.3) is 23.6 Å². The van der Waals surface area contributed by atoms with E-state index >= 15 is 0 Å². The zero-order valence-electron chi connectivity index (χ0n) is 14.3. The maximum Gasteiger partial charge on any atom is 0.256 e. The molecule has 24 heavy (non-hydrogen) atoms. The highest BCUT2D eigenvalue weighted by Crippen LogP contribution is 2.15. The predicted molar refractivity (Wildman–Crippen MR) is 88.7 cm³/mol. The smallest absolute Gasteiger partial charge is 0.256 e. The van der Waals surface area contributed by atoms with Crippen LogP contribution in [0.3, 0.4) is 0 Å². The van der Waals surface area contributed by atoms with Crippen LogP contribution < -0.4 is 0 Å². The highest BCUT2D eigenvalue weighted by molar-refractivity contribution is 6.16. The summed E-state index contributed by atoms with van der Waals surface area (Å²) >= 11 is 0. The van der Waals surface area contributed by atoms with Gasteiger partial charge in [0.05, 0.1) is 0 Å². The van der Waals surface area contributed by atoms with Gasteiger partial charge in [0.15, 0.2) is 0 Å². The Morgan fingerprint density at radius 3 is 1.25 bits per heavy atom. The summed E-state index contributed by atoms with van der Waals surface area (Å²) in [5, 5.41) is 0. The van der Waals surface area contributed by atoms with Crippen LogP contribution in [0.15, 0.2) is 23.3 Å². The van der Waals surface area contributed by atoms with E-state index in [1.807, 2.05) is 0 Å². The van der Waals surface area contributed by atoms with E-state index in [1.165, 1.54) is 22.0 Å². The van der Waals surface area contributed by atoms with Crippen LogP contribution in [0.1, 0.15) is 52.4 Å². The van der Waals surface area contributed by atoms with Crippen molar-refractivity contribution in [3.05, 3.63) is 23.3 Å². The molecule has 0 saturated heterocycles. The van der Waals surface area contributed by atoms with Gasteiger partial charge in [-0.05, 0) is 26.7 Å². The molecule has 0 aromatic rings. The lowest BCUT2D eigenvalue weighted by atomic mass is 10.1. The van der Waals surface area contributed by atoms with Crippen molar-refractivity contribution in [1.82, 2.24) is 9.80 Å². The molecule has 0 fully saturated rings. The molecule has 4 amide bonds. The van der Waals surface area contributed by atoms with Gasteiger partial charge < -0.3 is 0 Å². The van der Waals surface area contributed by atoms with E-state index < -0.39 is 0 Å². The Labute approximate surface area is 142 Å². The van der Waals surface area contributed by atoms with Crippen molar-refractivity contribution in [2.45, 2.75) is 52.4 Å². The first-order chi connectivity index (χ1) is 11.4. The Balaban J connectivity index is 1.51. The summed E-state index contributed by atoms with van der Waals surface area (Å²) in [5.74, 6) is -0.768. The van der Waals surface area contributed by atoms with Gasteiger partial charge in [-0.2, -0.15) is 0 Å². The van der Waals surface area contributed by atoms with Crippen LogP contribution in [0, 0.1) is 0 Å². The molecule has 0 radical (unpaired) electrons. The van der Waals surface area contributed by atoms with Gasteiger partial charge >= 0.3 is 0 Å². The SMILES string of the molecule is CC1=CC(=O)N(CCCCCCCCN2C(=O)C=C(C)C2=O)C1=O. The van der Waals surface area contributed by atoms with Crippen molar-refractivity contribution in [3.63, 3.8) is 0 Å². The average molecular weight is 332 g/mol. The summed E-state index contributed by atoms with van der Waals surface area (Å²) < 4.78 is 0. The minimum Gasteiger partial charge on any atom is -0.275 e. The molecule has 0 aromatic carbocycles. The Morgan fingerprint density at radius 2 is 0.958 bits per heavy atom. The van der Waals surface area contributed by atoms with Crippen LogP contribution in [0.4, 0.5) is 0 Å². The monoisotopic (exact) mass is 332 g/mol. The molecular weight excluding hydrogens is 308 g/mol. The van der Waals surface area contributed by atoms with E-state index in [4.69, 9.17) is 0 Å². The van der Waals surface area contributed by atoms with Crippen molar-refractivity contribution >= 4 is 23.6 Å². The molecule has 6 nitrogen and oxygen atoms in total. The summed E-state index contributed by atoms with van der Waals surface area (Å²) in [5.41, 5.74) is 1.02. The fraction of sp³-hybridized carbons (Fsp3) is 0.556. The second kappa shape index (κ2) is 8.04. The van der Waals surface area contributed by atoms with E-state index in [2.05, 4.69) is 0 Å². The van der Waals surface area contributed by atoms with Gasteiger partial charge in [0.2, 0.25) is 0 Å². The van der Waals surface area contributed by atoms with Gasteiger partial charge in [0, 0.05) is 36.4 Å². The van der Waals surface area contributed by atoms with E-state index in [1.54, 1.807) is 13.8 Å². The quantitative estimate of drug-likeness (QED) is 0.478. The van der Waals surface area contributed by atoms with Crippen LogP contribution in [0.25, 0.3) is 0 Å². The highest BCUT2D eigenvalue weighted by Gasteiger charge is 2.28. The van der Waals surface area contributed by atoms with Crippen molar-refractivity contribution in [2.75, 3.05) is 13.1 Å². The number of amides is 4. The molecule has 2 aliphatic rings. The van der Waals surface area contributed by atoms with Crippen molar-refractivity contribution in [3.8, 4) is 0 Å². The van der Waals surface area contributed by atoms with Crippen LogP contribution in [0.5, 0.6) is 0 Å². The lowest BCUT2D eigenvalue weighted by Crippen LogP contribution is -2.31.